The summed E-state index contributed by atoms with van der Waals surface area (Å²) in [6.45, 7) is 4.12. The lowest BCUT2D eigenvalue weighted by Crippen LogP contribution is -2.49. The van der Waals surface area contributed by atoms with Gasteiger partial charge in [0.15, 0.2) is 0 Å². The Morgan fingerprint density at radius 3 is 3.00 bits per heavy atom. The maximum atomic E-state index is 6.60. The molecule has 140 valence electrons. The number of likely N-dealkylation sites (tertiary alicyclic amines) is 1. The highest BCUT2D eigenvalue weighted by Gasteiger charge is 2.39. The van der Waals surface area contributed by atoms with Crippen molar-refractivity contribution in [3.05, 3.63) is 58.6 Å². The van der Waals surface area contributed by atoms with Crippen molar-refractivity contribution in [2.24, 2.45) is 5.73 Å². The largest absolute Gasteiger partial charge is 0.484 e. The van der Waals surface area contributed by atoms with Crippen molar-refractivity contribution in [3.63, 3.8) is 0 Å². The summed E-state index contributed by atoms with van der Waals surface area (Å²) >= 11 is 1.73. The lowest BCUT2D eigenvalue weighted by atomic mass is 10.0. The molecule has 27 heavy (non-hydrogen) atoms. The smallest absolute Gasteiger partial charge is 0.140 e. The molecule has 2 heterocycles. The van der Waals surface area contributed by atoms with Crippen LogP contribution in [0, 0.1) is 6.92 Å². The first kappa shape index (κ1) is 17.2. The molecule has 0 radical (unpaired) electrons. The molecule has 3 aromatic rings. The summed E-state index contributed by atoms with van der Waals surface area (Å²) in [7, 11) is 0. The van der Waals surface area contributed by atoms with Gasteiger partial charge in [0.25, 0.3) is 0 Å². The minimum atomic E-state index is 0.0451. The second-order valence-corrected chi connectivity index (χ2v) is 9.00. The number of aromatic nitrogens is 1. The van der Waals surface area contributed by atoms with Gasteiger partial charge in [0.1, 0.15) is 11.9 Å². The number of hydrogen-bond donors (Lipinski definition) is 1. The molecule has 0 unspecified atom stereocenters. The number of piperidine rings is 1. The van der Waals surface area contributed by atoms with E-state index in [0.717, 1.165) is 42.2 Å². The second kappa shape index (κ2) is 6.89. The number of aryl methyl sites for hydroxylation is 1. The molecular weight excluding hydrogens is 354 g/mol. The molecule has 1 aromatic heterocycles. The van der Waals surface area contributed by atoms with Gasteiger partial charge in [-0.3, -0.25) is 4.90 Å². The van der Waals surface area contributed by atoms with Gasteiger partial charge in [-0.2, -0.15) is 0 Å². The van der Waals surface area contributed by atoms with E-state index in [0.29, 0.717) is 6.04 Å². The van der Waals surface area contributed by atoms with E-state index in [9.17, 15) is 0 Å². The summed E-state index contributed by atoms with van der Waals surface area (Å²) in [5.74, 6) is 0.904. The Balaban J connectivity index is 1.47. The van der Waals surface area contributed by atoms with Gasteiger partial charge >= 0.3 is 0 Å². The van der Waals surface area contributed by atoms with Crippen molar-refractivity contribution >= 4 is 21.6 Å². The number of ether oxygens (including phenoxy) is 1. The Labute approximate surface area is 164 Å². The van der Waals surface area contributed by atoms with Crippen LogP contribution in [0.2, 0.25) is 0 Å². The minimum absolute atomic E-state index is 0.0451. The van der Waals surface area contributed by atoms with Gasteiger partial charge in [-0.05, 0) is 56.0 Å². The van der Waals surface area contributed by atoms with E-state index < -0.39 is 0 Å². The third kappa shape index (κ3) is 3.24. The van der Waals surface area contributed by atoms with Crippen LogP contribution in [0.3, 0.4) is 0 Å². The van der Waals surface area contributed by atoms with Crippen molar-refractivity contribution in [3.8, 4) is 5.75 Å². The molecule has 5 heteroatoms. The first-order valence-corrected chi connectivity index (χ1v) is 10.6. The highest BCUT2D eigenvalue weighted by atomic mass is 32.1. The standard InChI is InChI=1S/C22H25N3OS/c1-14-24-19-12-17(8-9-21(19)27-14)26-22-18-7-3-2-5-15(18)11-20(22)25-10-4-6-16(23)13-25/h2-3,5,7-9,12,16,20,22H,4,6,10-11,13,23H2,1H3/t16-,20-,22-/m1/s1. The number of hydrogen-bond acceptors (Lipinski definition) is 5. The van der Waals surface area contributed by atoms with E-state index in [1.165, 1.54) is 22.2 Å². The van der Waals surface area contributed by atoms with Crippen LogP contribution in [0.25, 0.3) is 10.2 Å². The van der Waals surface area contributed by atoms with Crippen LogP contribution in [-0.4, -0.2) is 35.1 Å². The summed E-state index contributed by atoms with van der Waals surface area (Å²) in [6.07, 6.45) is 3.38. The zero-order chi connectivity index (χ0) is 18.4. The Kier molecular flexibility index (Phi) is 4.38. The topological polar surface area (TPSA) is 51.4 Å². The number of thiazole rings is 1. The number of benzene rings is 2. The van der Waals surface area contributed by atoms with Gasteiger partial charge in [-0.25, -0.2) is 4.98 Å². The van der Waals surface area contributed by atoms with Crippen molar-refractivity contribution < 1.29 is 4.74 Å². The van der Waals surface area contributed by atoms with Crippen LogP contribution < -0.4 is 10.5 Å². The quantitative estimate of drug-likeness (QED) is 0.745. The van der Waals surface area contributed by atoms with Crippen molar-refractivity contribution in [1.82, 2.24) is 9.88 Å². The molecule has 0 spiro atoms. The Bertz CT molecular complexity index is 969. The maximum Gasteiger partial charge on any atom is 0.140 e. The van der Waals surface area contributed by atoms with E-state index in [4.69, 9.17) is 10.5 Å². The Morgan fingerprint density at radius 1 is 1.22 bits per heavy atom. The molecule has 1 aliphatic carbocycles. The van der Waals surface area contributed by atoms with Crippen molar-refractivity contribution in [2.45, 2.75) is 44.4 Å². The fraction of sp³-hybridized carbons (Fsp3) is 0.409. The molecule has 2 N–H and O–H groups in total. The Morgan fingerprint density at radius 2 is 2.11 bits per heavy atom. The van der Waals surface area contributed by atoms with E-state index in [1.54, 1.807) is 11.3 Å². The van der Waals surface area contributed by atoms with E-state index in [2.05, 4.69) is 52.3 Å². The molecule has 3 atom stereocenters. The zero-order valence-corrected chi connectivity index (χ0v) is 16.4. The predicted octanol–water partition coefficient (Wildman–Crippen LogP) is 4.07. The molecule has 1 aliphatic heterocycles. The molecule has 2 aliphatic rings. The summed E-state index contributed by atoms with van der Waals surface area (Å²) in [5, 5.41) is 1.09. The summed E-state index contributed by atoms with van der Waals surface area (Å²) in [6, 6.07) is 15.6. The summed E-state index contributed by atoms with van der Waals surface area (Å²) < 4.78 is 7.82. The normalized spacial score (nSPS) is 25.6. The van der Waals surface area contributed by atoms with Gasteiger partial charge in [0, 0.05) is 18.7 Å². The van der Waals surface area contributed by atoms with E-state index in [-0.39, 0.29) is 12.1 Å². The zero-order valence-electron chi connectivity index (χ0n) is 15.6. The molecule has 0 saturated carbocycles. The van der Waals surface area contributed by atoms with Crippen molar-refractivity contribution in [1.29, 1.82) is 0 Å². The fourth-order valence-electron chi connectivity index (χ4n) is 4.58. The third-order valence-corrected chi connectivity index (χ3v) is 6.78. The monoisotopic (exact) mass is 379 g/mol. The van der Waals surface area contributed by atoms with E-state index >= 15 is 0 Å². The van der Waals surface area contributed by atoms with E-state index in [1.807, 2.05) is 6.92 Å². The SMILES string of the molecule is Cc1nc2cc(O[C@@H]3c4ccccc4C[C@H]3N3CCC[C@@H](N)C3)ccc2s1. The lowest BCUT2D eigenvalue weighted by Gasteiger charge is -2.38. The summed E-state index contributed by atoms with van der Waals surface area (Å²) in [4.78, 5) is 7.17. The first-order valence-electron chi connectivity index (χ1n) is 9.78. The van der Waals surface area contributed by atoms with Gasteiger partial charge in [-0.15, -0.1) is 11.3 Å². The Hall–Kier alpha value is -1.95. The van der Waals surface area contributed by atoms with Gasteiger partial charge in [0.05, 0.1) is 21.3 Å². The minimum Gasteiger partial charge on any atom is -0.484 e. The first-order chi connectivity index (χ1) is 13.2. The van der Waals surface area contributed by atoms with Crippen LogP contribution >= 0.6 is 11.3 Å². The third-order valence-electron chi connectivity index (χ3n) is 5.83. The molecular formula is C22H25N3OS. The van der Waals surface area contributed by atoms with Crippen LogP contribution in [0.15, 0.2) is 42.5 Å². The molecule has 2 aromatic carbocycles. The van der Waals surface area contributed by atoms with Gasteiger partial charge < -0.3 is 10.5 Å². The number of fused-ring (bicyclic) bond motifs is 2. The maximum absolute atomic E-state index is 6.60. The predicted molar refractivity (Wildman–Crippen MR) is 110 cm³/mol. The highest BCUT2D eigenvalue weighted by molar-refractivity contribution is 7.18. The highest BCUT2D eigenvalue weighted by Crippen LogP contribution is 2.39. The second-order valence-electron chi connectivity index (χ2n) is 7.77. The van der Waals surface area contributed by atoms with Crippen LogP contribution in [0.5, 0.6) is 5.75 Å². The molecule has 0 bridgehead atoms. The molecule has 5 rings (SSSR count). The number of nitrogens with two attached hydrogens (primary N) is 1. The number of rotatable bonds is 3. The average molecular weight is 380 g/mol. The molecule has 1 saturated heterocycles. The van der Waals surface area contributed by atoms with Gasteiger partial charge in [-0.1, -0.05) is 24.3 Å². The molecule has 1 fully saturated rings. The van der Waals surface area contributed by atoms with Crippen LogP contribution in [-0.2, 0) is 6.42 Å². The lowest BCUT2D eigenvalue weighted by molar-refractivity contribution is 0.0594. The average Bonchev–Trinajstić information content (AvgIpc) is 3.21. The summed E-state index contributed by atoms with van der Waals surface area (Å²) in [5.41, 5.74) is 10.0. The molecule has 4 nitrogen and oxygen atoms in total. The molecule has 0 amide bonds. The number of nitrogens with zero attached hydrogens (tertiary/aromatic N) is 2. The van der Waals surface area contributed by atoms with Crippen molar-refractivity contribution in [2.75, 3.05) is 13.1 Å². The van der Waals surface area contributed by atoms with Gasteiger partial charge in [0.2, 0.25) is 0 Å². The van der Waals surface area contributed by atoms with Crippen LogP contribution in [0.1, 0.15) is 35.1 Å². The fourth-order valence-corrected chi connectivity index (χ4v) is 5.39. The van der Waals surface area contributed by atoms with Crippen LogP contribution in [0.4, 0.5) is 0 Å².